The highest BCUT2D eigenvalue weighted by molar-refractivity contribution is 6.01. The molecular weight excluding hydrogens is 339 g/mol. The first-order valence-corrected chi connectivity index (χ1v) is 8.10. The van der Waals surface area contributed by atoms with Gasteiger partial charge in [-0.1, -0.05) is 30.3 Å². The van der Waals surface area contributed by atoms with Gasteiger partial charge in [-0.05, 0) is 29.3 Å². The predicted molar refractivity (Wildman–Crippen MR) is 92.0 cm³/mol. The quantitative estimate of drug-likeness (QED) is 0.767. The number of carbonyl (C=O) groups excluding carboxylic acids is 2. The van der Waals surface area contributed by atoms with Crippen molar-refractivity contribution in [3.05, 3.63) is 65.5 Å². The average molecular weight is 356 g/mol. The number of para-hydroxylation sites is 1. The van der Waals surface area contributed by atoms with Crippen molar-refractivity contribution < 1.29 is 23.9 Å². The fraction of sp³-hybridized carbons (Fsp3) is 0.211. The Morgan fingerprint density at radius 3 is 2.58 bits per heavy atom. The lowest BCUT2D eigenvalue weighted by Crippen LogP contribution is -2.37. The largest absolute Gasteiger partial charge is 0.481 e. The SMILES string of the molecule is O=C(O)C[C@@H](NC(=O)[C@@H]1CC(=O)Nc2ccccc21)c1ccc(F)cc1. The molecule has 1 aliphatic heterocycles. The summed E-state index contributed by atoms with van der Waals surface area (Å²) >= 11 is 0. The van der Waals surface area contributed by atoms with E-state index in [1.165, 1.54) is 24.3 Å². The molecular formula is C19H17FN2O4. The van der Waals surface area contributed by atoms with Crippen LogP contribution in [0.25, 0.3) is 0 Å². The molecule has 2 aromatic rings. The van der Waals surface area contributed by atoms with Gasteiger partial charge >= 0.3 is 5.97 Å². The molecule has 2 atom stereocenters. The molecule has 0 fully saturated rings. The number of carboxylic acids is 1. The summed E-state index contributed by atoms with van der Waals surface area (Å²) in [7, 11) is 0. The van der Waals surface area contributed by atoms with E-state index in [0.29, 0.717) is 16.8 Å². The highest BCUT2D eigenvalue weighted by Gasteiger charge is 2.32. The molecule has 26 heavy (non-hydrogen) atoms. The third-order valence-electron chi connectivity index (χ3n) is 4.28. The molecule has 2 amide bonds. The summed E-state index contributed by atoms with van der Waals surface area (Å²) in [4.78, 5) is 35.8. The maximum absolute atomic E-state index is 13.1. The number of carboxylic acid groups (broad SMARTS) is 1. The number of halogens is 1. The number of rotatable bonds is 5. The number of nitrogens with one attached hydrogen (secondary N) is 2. The number of carbonyl (C=O) groups is 3. The first kappa shape index (κ1) is 17.6. The third kappa shape index (κ3) is 3.88. The van der Waals surface area contributed by atoms with Crippen molar-refractivity contribution in [1.82, 2.24) is 5.32 Å². The van der Waals surface area contributed by atoms with Crippen molar-refractivity contribution in [2.24, 2.45) is 0 Å². The number of hydrogen-bond acceptors (Lipinski definition) is 3. The van der Waals surface area contributed by atoms with E-state index < -0.39 is 29.7 Å². The fourth-order valence-electron chi connectivity index (χ4n) is 3.04. The Hall–Kier alpha value is -3.22. The van der Waals surface area contributed by atoms with E-state index in [2.05, 4.69) is 10.6 Å². The summed E-state index contributed by atoms with van der Waals surface area (Å²) in [6.45, 7) is 0. The van der Waals surface area contributed by atoms with Crippen LogP contribution < -0.4 is 10.6 Å². The summed E-state index contributed by atoms with van der Waals surface area (Å²) in [6, 6.07) is 11.5. The zero-order valence-electron chi connectivity index (χ0n) is 13.7. The molecule has 7 heteroatoms. The van der Waals surface area contributed by atoms with Crippen LogP contribution in [-0.4, -0.2) is 22.9 Å². The lowest BCUT2D eigenvalue weighted by Gasteiger charge is -2.27. The van der Waals surface area contributed by atoms with Crippen molar-refractivity contribution in [3.63, 3.8) is 0 Å². The molecule has 0 saturated carbocycles. The number of aliphatic carboxylic acids is 1. The maximum Gasteiger partial charge on any atom is 0.305 e. The van der Waals surface area contributed by atoms with Gasteiger partial charge in [0.15, 0.2) is 0 Å². The summed E-state index contributed by atoms with van der Waals surface area (Å²) < 4.78 is 13.1. The van der Waals surface area contributed by atoms with Crippen LogP contribution in [0, 0.1) is 5.82 Å². The van der Waals surface area contributed by atoms with Gasteiger partial charge in [-0.25, -0.2) is 4.39 Å². The minimum Gasteiger partial charge on any atom is -0.481 e. The van der Waals surface area contributed by atoms with Gasteiger partial charge in [-0.2, -0.15) is 0 Å². The second kappa shape index (κ2) is 7.35. The summed E-state index contributed by atoms with van der Waals surface area (Å²) in [5.74, 6) is -2.98. The van der Waals surface area contributed by atoms with Crippen LogP contribution in [0.2, 0.25) is 0 Å². The first-order valence-electron chi connectivity index (χ1n) is 8.10. The Morgan fingerprint density at radius 1 is 1.19 bits per heavy atom. The van der Waals surface area contributed by atoms with Gasteiger partial charge in [0.25, 0.3) is 0 Å². The smallest absolute Gasteiger partial charge is 0.305 e. The lowest BCUT2D eigenvalue weighted by molar-refractivity contribution is -0.138. The standard InChI is InChI=1S/C19H17FN2O4/c20-12-7-5-11(6-8-12)16(10-18(24)25)22-19(26)14-9-17(23)21-15-4-2-1-3-13(14)15/h1-8,14,16H,9-10H2,(H,21,23)(H,22,26)(H,24,25)/t14-,16-/m1/s1. The summed E-state index contributed by atoms with van der Waals surface area (Å²) in [5.41, 5.74) is 1.73. The van der Waals surface area contributed by atoms with Crippen LogP contribution in [-0.2, 0) is 14.4 Å². The van der Waals surface area contributed by atoms with Crippen LogP contribution in [0.15, 0.2) is 48.5 Å². The van der Waals surface area contributed by atoms with Gasteiger partial charge in [0, 0.05) is 12.1 Å². The van der Waals surface area contributed by atoms with E-state index in [-0.39, 0.29) is 18.7 Å². The van der Waals surface area contributed by atoms with Crippen molar-refractivity contribution in [3.8, 4) is 0 Å². The zero-order chi connectivity index (χ0) is 18.7. The molecule has 6 nitrogen and oxygen atoms in total. The molecule has 3 N–H and O–H groups in total. The van der Waals surface area contributed by atoms with Crippen LogP contribution in [0.1, 0.15) is 35.9 Å². The molecule has 0 unspecified atom stereocenters. The van der Waals surface area contributed by atoms with Crippen LogP contribution in [0.4, 0.5) is 10.1 Å². The van der Waals surface area contributed by atoms with Crippen molar-refractivity contribution in [1.29, 1.82) is 0 Å². The van der Waals surface area contributed by atoms with Gasteiger partial charge < -0.3 is 15.7 Å². The average Bonchev–Trinajstić information content (AvgIpc) is 2.60. The Balaban J connectivity index is 1.85. The normalized spacial score (nSPS) is 17.0. The van der Waals surface area contributed by atoms with Crippen molar-refractivity contribution in [2.45, 2.75) is 24.8 Å². The molecule has 1 heterocycles. The molecule has 134 valence electrons. The van der Waals surface area contributed by atoms with E-state index in [9.17, 15) is 18.8 Å². The molecule has 0 saturated heterocycles. The molecule has 2 aromatic carbocycles. The highest BCUT2D eigenvalue weighted by Crippen LogP contribution is 2.32. The van der Waals surface area contributed by atoms with Gasteiger partial charge in [0.2, 0.25) is 11.8 Å². The van der Waals surface area contributed by atoms with E-state index in [4.69, 9.17) is 5.11 Å². The van der Waals surface area contributed by atoms with E-state index >= 15 is 0 Å². The third-order valence-corrected chi connectivity index (χ3v) is 4.28. The Kier molecular flexibility index (Phi) is 4.97. The molecule has 0 radical (unpaired) electrons. The number of benzene rings is 2. The predicted octanol–water partition coefficient (Wildman–Crippen LogP) is 2.58. The van der Waals surface area contributed by atoms with Gasteiger partial charge in [-0.3, -0.25) is 14.4 Å². The lowest BCUT2D eigenvalue weighted by atomic mass is 9.89. The van der Waals surface area contributed by atoms with E-state index in [0.717, 1.165) is 0 Å². The second-order valence-electron chi connectivity index (χ2n) is 6.10. The van der Waals surface area contributed by atoms with E-state index in [1.807, 2.05) is 0 Å². The molecule has 3 rings (SSSR count). The topological polar surface area (TPSA) is 95.5 Å². The maximum atomic E-state index is 13.1. The summed E-state index contributed by atoms with van der Waals surface area (Å²) in [6.07, 6.45) is -0.371. The number of fused-ring (bicyclic) bond motifs is 1. The minimum absolute atomic E-state index is 0.0218. The Morgan fingerprint density at radius 2 is 1.88 bits per heavy atom. The Labute approximate surface area is 149 Å². The minimum atomic E-state index is -1.10. The zero-order valence-corrected chi connectivity index (χ0v) is 13.7. The molecule has 0 spiro atoms. The fourth-order valence-corrected chi connectivity index (χ4v) is 3.04. The number of anilines is 1. The van der Waals surface area contributed by atoms with Crippen LogP contribution in [0.5, 0.6) is 0 Å². The van der Waals surface area contributed by atoms with Gasteiger partial charge in [0.1, 0.15) is 5.82 Å². The number of hydrogen-bond donors (Lipinski definition) is 3. The molecule has 1 aliphatic rings. The Bertz CT molecular complexity index is 851. The first-order chi connectivity index (χ1) is 12.4. The summed E-state index contributed by atoms with van der Waals surface area (Å²) in [5, 5.41) is 14.5. The second-order valence-corrected chi connectivity index (χ2v) is 6.10. The van der Waals surface area contributed by atoms with Crippen LogP contribution in [0.3, 0.4) is 0 Å². The van der Waals surface area contributed by atoms with Gasteiger partial charge in [0.05, 0.1) is 18.4 Å². The molecule has 0 aliphatic carbocycles. The highest BCUT2D eigenvalue weighted by atomic mass is 19.1. The van der Waals surface area contributed by atoms with Crippen molar-refractivity contribution in [2.75, 3.05) is 5.32 Å². The number of amides is 2. The van der Waals surface area contributed by atoms with Gasteiger partial charge in [-0.15, -0.1) is 0 Å². The van der Waals surface area contributed by atoms with E-state index in [1.54, 1.807) is 24.3 Å². The molecule has 0 bridgehead atoms. The monoisotopic (exact) mass is 356 g/mol. The van der Waals surface area contributed by atoms with Crippen LogP contribution >= 0.6 is 0 Å². The molecule has 0 aromatic heterocycles. The van der Waals surface area contributed by atoms with Crippen molar-refractivity contribution >= 4 is 23.5 Å².